The Balaban J connectivity index is 2.05. The molecule has 2 amide bonds. The molecule has 6 heteroatoms. The first-order chi connectivity index (χ1) is 8.99. The highest BCUT2D eigenvalue weighted by Crippen LogP contribution is 2.43. The van der Waals surface area contributed by atoms with E-state index in [2.05, 4.69) is 4.90 Å². The van der Waals surface area contributed by atoms with Crippen LogP contribution in [0.3, 0.4) is 0 Å². The van der Waals surface area contributed by atoms with Crippen LogP contribution in [0.2, 0.25) is 0 Å². The average Bonchev–Trinajstić information content (AvgIpc) is 2.59. The summed E-state index contributed by atoms with van der Waals surface area (Å²) in [5, 5.41) is 10.1. The first-order valence-corrected chi connectivity index (χ1v) is 6.90. The Hall–Kier alpha value is -1.14. The van der Waals surface area contributed by atoms with E-state index in [4.69, 9.17) is 5.73 Å². The van der Waals surface area contributed by atoms with Gasteiger partial charge in [-0.25, -0.2) is 0 Å². The summed E-state index contributed by atoms with van der Waals surface area (Å²) < 4.78 is 0. The maximum Gasteiger partial charge on any atom is 0.237 e. The second-order valence-electron chi connectivity index (χ2n) is 5.83. The second-order valence-corrected chi connectivity index (χ2v) is 5.83. The Kier molecular flexibility index (Phi) is 4.10. The number of aliphatic hydroxyl groups excluding tert-OH is 1. The number of nitrogens with zero attached hydrogens (tertiary/aromatic N) is 2. The Labute approximate surface area is 113 Å². The summed E-state index contributed by atoms with van der Waals surface area (Å²) in [5.74, 6) is -0.273. The molecule has 2 heterocycles. The molecule has 2 aliphatic heterocycles. The van der Waals surface area contributed by atoms with Crippen molar-refractivity contribution in [3.05, 3.63) is 0 Å². The minimum absolute atomic E-state index is 0.273. The van der Waals surface area contributed by atoms with E-state index in [9.17, 15) is 14.7 Å². The molecule has 2 fully saturated rings. The van der Waals surface area contributed by atoms with Gasteiger partial charge in [-0.05, 0) is 32.1 Å². The molecule has 0 radical (unpaired) electrons. The zero-order valence-electron chi connectivity index (χ0n) is 11.4. The molecule has 3 N–H and O–H groups in total. The number of primary amides is 1. The smallest absolute Gasteiger partial charge is 0.237 e. The van der Waals surface area contributed by atoms with Crippen LogP contribution in [0.1, 0.15) is 32.1 Å². The number of hydrogen-bond acceptors (Lipinski definition) is 4. The van der Waals surface area contributed by atoms with Crippen molar-refractivity contribution in [3.8, 4) is 0 Å². The van der Waals surface area contributed by atoms with Crippen molar-refractivity contribution in [2.75, 3.05) is 20.1 Å². The van der Waals surface area contributed by atoms with E-state index < -0.39 is 11.6 Å². The fraction of sp³-hybridized carbons (Fsp3) is 0.846. The Morgan fingerprint density at radius 1 is 1.58 bits per heavy atom. The molecule has 108 valence electrons. The molecule has 0 aromatic rings. The predicted octanol–water partition coefficient (Wildman–Crippen LogP) is -0.692. The first-order valence-electron chi connectivity index (χ1n) is 6.90. The number of aliphatic hydroxyl groups is 1. The van der Waals surface area contributed by atoms with Crippen molar-refractivity contribution in [3.63, 3.8) is 0 Å². The lowest BCUT2D eigenvalue weighted by Gasteiger charge is -2.43. The molecular weight excluding hydrogens is 246 g/mol. The Bertz CT molecular complexity index is 359. The molecule has 0 aliphatic carbocycles. The third kappa shape index (κ3) is 2.60. The van der Waals surface area contributed by atoms with Crippen LogP contribution >= 0.6 is 0 Å². The first kappa shape index (κ1) is 14.3. The number of likely N-dealkylation sites (N-methyl/N-ethyl adjacent to an activating group) is 1. The van der Waals surface area contributed by atoms with Gasteiger partial charge in [-0.1, -0.05) is 0 Å². The summed E-state index contributed by atoms with van der Waals surface area (Å²) in [5.41, 5.74) is 5.04. The molecule has 3 atom stereocenters. The van der Waals surface area contributed by atoms with Crippen molar-refractivity contribution >= 4 is 12.3 Å². The number of carbonyl (C=O) groups excluding carboxylic acids is 2. The van der Waals surface area contributed by atoms with E-state index >= 15 is 0 Å². The molecule has 2 bridgehead atoms. The van der Waals surface area contributed by atoms with Gasteiger partial charge in [0.05, 0.1) is 6.10 Å². The molecule has 6 nitrogen and oxygen atoms in total. The summed E-state index contributed by atoms with van der Waals surface area (Å²) in [6, 6.07) is 0.345. The van der Waals surface area contributed by atoms with Crippen LogP contribution in [0.25, 0.3) is 0 Å². The lowest BCUT2D eigenvalue weighted by molar-refractivity contribution is -0.133. The van der Waals surface area contributed by atoms with E-state index in [1.807, 2.05) is 0 Å². The van der Waals surface area contributed by atoms with Gasteiger partial charge < -0.3 is 15.7 Å². The molecule has 0 saturated carbocycles. The number of fused-ring (bicyclic) bond motifs is 2. The van der Waals surface area contributed by atoms with E-state index in [1.54, 1.807) is 7.05 Å². The normalized spacial score (nSPS) is 32.0. The number of rotatable bonds is 6. The molecule has 2 saturated heterocycles. The number of nitrogens with two attached hydrogens (primary N) is 1. The van der Waals surface area contributed by atoms with E-state index in [0.717, 1.165) is 32.1 Å². The molecule has 2 rings (SSSR count). The minimum atomic E-state index is -0.646. The van der Waals surface area contributed by atoms with Gasteiger partial charge in [-0.2, -0.15) is 0 Å². The van der Waals surface area contributed by atoms with Crippen molar-refractivity contribution in [1.29, 1.82) is 0 Å². The lowest BCUT2D eigenvalue weighted by atomic mass is 9.87. The summed E-state index contributed by atoms with van der Waals surface area (Å²) >= 11 is 0. The SMILES string of the molecule is CN(C=O)CC(O)CN1[C@@H]2CCC[C@@]1(C(N)=O)CC2. The summed E-state index contributed by atoms with van der Waals surface area (Å²) in [6.07, 6.45) is 4.68. The third-order valence-electron chi connectivity index (χ3n) is 4.55. The molecule has 2 aliphatic rings. The third-order valence-corrected chi connectivity index (χ3v) is 4.55. The Morgan fingerprint density at radius 3 is 2.95 bits per heavy atom. The highest BCUT2D eigenvalue weighted by molar-refractivity contribution is 5.85. The van der Waals surface area contributed by atoms with Crippen molar-refractivity contribution in [2.24, 2.45) is 5.73 Å². The number of amides is 2. The van der Waals surface area contributed by atoms with E-state index in [-0.39, 0.29) is 12.5 Å². The van der Waals surface area contributed by atoms with Crippen LogP contribution in [0, 0.1) is 0 Å². The fourth-order valence-electron chi connectivity index (χ4n) is 3.63. The van der Waals surface area contributed by atoms with Gasteiger partial charge in [-0.3, -0.25) is 14.5 Å². The molecule has 0 aromatic carbocycles. The second kappa shape index (κ2) is 5.46. The van der Waals surface area contributed by atoms with Gasteiger partial charge >= 0.3 is 0 Å². The van der Waals surface area contributed by atoms with Crippen LogP contribution in [0.15, 0.2) is 0 Å². The van der Waals surface area contributed by atoms with Gasteiger partial charge in [-0.15, -0.1) is 0 Å². The lowest BCUT2D eigenvalue weighted by Crippen LogP contribution is -2.60. The summed E-state index contributed by atoms with van der Waals surface area (Å²) in [6.45, 7) is 0.688. The highest BCUT2D eigenvalue weighted by Gasteiger charge is 2.52. The maximum absolute atomic E-state index is 11.8. The summed E-state index contributed by atoms with van der Waals surface area (Å²) in [4.78, 5) is 25.9. The van der Waals surface area contributed by atoms with Gasteiger partial charge in [0.2, 0.25) is 12.3 Å². The van der Waals surface area contributed by atoms with Crippen molar-refractivity contribution < 1.29 is 14.7 Å². The van der Waals surface area contributed by atoms with Gasteiger partial charge in [0, 0.05) is 26.2 Å². The predicted molar refractivity (Wildman–Crippen MR) is 70.2 cm³/mol. The molecule has 1 unspecified atom stereocenters. The molecular formula is C13H23N3O3. The largest absolute Gasteiger partial charge is 0.390 e. The van der Waals surface area contributed by atoms with Crippen molar-refractivity contribution in [1.82, 2.24) is 9.80 Å². The number of β-amino-alcohol motifs (C(OH)–C–C–N with tert-alkyl or cyclic N) is 1. The monoisotopic (exact) mass is 269 g/mol. The Morgan fingerprint density at radius 2 is 2.32 bits per heavy atom. The van der Waals surface area contributed by atoms with Crippen LogP contribution in [0.5, 0.6) is 0 Å². The number of hydrogen-bond donors (Lipinski definition) is 2. The van der Waals surface area contributed by atoms with Crippen LogP contribution in [-0.2, 0) is 9.59 Å². The quantitative estimate of drug-likeness (QED) is 0.625. The standard InChI is InChI=1S/C13H23N3O3/c1-15(9-17)7-11(18)8-16-10-3-2-5-13(16,6-4-10)12(14)19/h9-11,18H,2-8H2,1H3,(H2,14,19)/t10-,11?,13+/m1/s1. The van der Waals surface area contributed by atoms with Gasteiger partial charge in [0.1, 0.15) is 5.54 Å². The van der Waals surface area contributed by atoms with Gasteiger partial charge in [0.25, 0.3) is 0 Å². The molecule has 0 spiro atoms. The van der Waals surface area contributed by atoms with E-state index in [1.165, 1.54) is 4.90 Å². The van der Waals surface area contributed by atoms with Crippen molar-refractivity contribution in [2.45, 2.75) is 49.8 Å². The highest BCUT2D eigenvalue weighted by atomic mass is 16.3. The molecule has 0 aromatic heterocycles. The number of carbonyl (C=O) groups is 2. The molecule has 19 heavy (non-hydrogen) atoms. The minimum Gasteiger partial charge on any atom is -0.390 e. The van der Waals surface area contributed by atoms with Crippen LogP contribution < -0.4 is 5.73 Å². The zero-order chi connectivity index (χ0) is 14.0. The zero-order valence-corrected chi connectivity index (χ0v) is 11.4. The van der Waals surface area contributed by atoms with Crippen LogP contribution in [-0.4, -0.2) is 65.0 Å². The van der Waals surface area contributed by atoms with Crippen LogP contribution in [0.4, 0.5) is 0 Å². The summed E-state index contributed by atoms with van der Waals surface area (Å²) in [7, 11) is 1.63. The fourth-order valence-corrected chi connectivity index (χ4v) is 3.63. The maximum atomic E-state index is 11.8. The van der Waals surface area contributed by atoms with E-state index in [0.29, 0.717) is 19.0 Å². The van der Waals surface area contributed by atoms with Gasteiger partial charge in [0.15, 0.2) is 0 Å². The number of piperidine rings is 1. The topological polar surface area (TPSA) is 86.9 Å². The average molecular weight is 269 g/mol.